The number of nitrogens with one attached hydrogen (secondary N) is 1. The summed E-state index contributed by atoms with van der Waals surface area (Å²) in [5, 5.41) is 2.94. The molecule has 1 fully saturated rings. The molecule has 0 bridgehead atoms. The molecular formula is C24H28N2O6S. The summed E-state index contributed by atoms with van der Waals surface area (Å²) in [7, 11) is -3.76. The Bertz CT molecular complexity index is 1140. The maximum absolute atomic E-state index is 13.0. The molecule has 4 rings (SSSR count). The molecule has 8 nitrogen and oxygen atoms in total. The van der Waals surface area contributed by atoms with Crippen molar-refractivity contribution in [3.63, 3.8) is 0 Å². The molecule has 0 spiro atoms. The van der Waals surface area contributed by atoms with Crippen LogP contribution in [-0.2, 0) is 30.7 Å². The van der Waals surface area contributed by atoms with Gasteiger partial charge in [-0.3, -0.25) is 4.79 Å². The minimum absolute atomic E-state index is 0.0575. The fraction of sp³-hybridized carbons (Fsp3) is 0.417. The number of hydrogen-bond donors (Lipinski definition) is 1. The van der Waals surface area contributed by atoms with Crippen LogP contribution in [0.3, 0.4) is 0 Å². The number of aryl methyl sites for hydroxylation is 2. The molecule has 0 radical (unpaired) electrons. The number of morpholine rings is 1. The molecule has 1 N–H and O–H groups in total. The summed E-state index contributed by atoms with van der Waals surface area (Å²) in [5.74, 6) is -1.13. The third-order valence-electron chi connectivity index (χ3n) is 6.05. The number of carbonyl (C=O) groups is 2. The summed E-state index contributed by atoms with van der Waals surface area (Å²) in [6.07, 6.45) is 2.80. The molecule has 0 aromatic heterocycles. The zero-order chi connectivity index (χ0) is 23.4. The monoisotopic (exact) mass is 472 g/mol. The normalized spacial score (nSPS) is 18.9. The van der Waals surface area contributed by atoms with Gasteiger partial charge in [0, 0.05) is 13.1 Å². The van der Waals surface area contributed by atoms with E-state index in [1.54, 1.807) is 13.0 Å². The molecule has 1 unspecified atom stereocenters. The van der Waals surface area contributed by atoms with Crippen LogP contribution >= 0.6 is 0 Å². The summed E-state index contributed by atoms with van der Waals surface area (Å²) >= 11 is 0. The van der Waals surface area contributed by atoms with E-state index in [2.05, 4.69) is 11.4 Å². The molecule has 1 atom stereocenters. The van der Waals surface area contributed by atoms with E-state index in [1.165, 1.54) is 22.0 Å². The summed E-state index contributed by atoms with van der Waals surface area (Å²) in [5.41, 5.74) is 2.94. The largest absolute Gasteiger partial charge is 0.452 e. The Balaban J connectivity index is 1.40. The summed E-state index contributed by atoms with van der Waals surface area (Å²) in [4.78, 5) is 25.1. The van der Waals surface area contributed by atoms with Gasteiger partial charge >= 0.3 is 5.97 Å². The van der Waals surface area contributed by atoms with Gasteiger partial charge in [0.2, 0.25) is 10.0 Å². The minimum Gasteiger partial charge on any atom is -0.452 e. The lowest BCUT2D eigenvalue weighted by atomic mass is 9.88. The Morgan fingerprint density at radius 3 is 2.70 bits per heavy atom. The summed E-state index contributed by atoms with van der Waals surface area (Å²) in [6.45, 7) is 2.44. The Labute approximate surface area is 193 Å². The van der Waals surface area contributed by atoms with Crippen LogP contribution in [0.25, 0.3) is 0 Å². The number of amides is 1. The van der Waals surface area contributed by atoms with Crippen molar-refractivity contribution in [2.75, 3.05) is 32.9 Å². The van der Waals surface area contributed by atoms with Crippen LogP contribution in [0, 0.1) is 6.92 Å². The van der Waals surface area contributed by atoms with E-state index in [1.807, 2.05) is 18.2 Å². The van der Waals surface area contributed by atoms with Gasteiger partial charge in [0.1, 0.15) is 0 Å². The standard InChI is InChI=1S/C24H28N2O6S/c1-17-9-10-19(15-22(17)33(29,30)26-11-13-31-14-12-26)24(28)32-16-23(27)25-21-8-4-6-18-5-2-3-7-20(18)21/h2-3,5,7,9-10,15,21H,4,6,8,11-14,16H2,1H3,(H,25,27). The lowest BCUT2D eigenvalue weighted by Gasteiger charge is -2.27. The Hall–Kier alpha value is -2.75. The molecule has 1 aliphatic carbocycles. The Morgan fingerprint density at radius 1 is 1.15 bits per heavy atom. The van der Waals surface area contributed by atoms with E-state index in [0.717, 1.165) is 24.8 Å². The van der Waals surface area contributed by atoms with Gasteiger partial charge in [0.25, 0.3) is 5.91 Å². The highest BCUT2D eigenvalue weighted by Crippen LogP contribution is 2.29. The number of sulfonamides is 1. The highest BCUT2D eigenvalue weighted by Gasteiger charge is 2.29. The van der Waals surface area contributed by atoms with Crippen LogP contribution in [0.15, 0.2) is 47.4 Å². The first-order valence-corrected chi connectivity index (χ1v) is 12.5. The quantitative estimate of drug-likeness (QED) is 0.648. The van der Waals surface area contributed by atoms with Crippen LogP contribution in [0.5, 0.6) is 0 Å². The molecule has 9 heteroatoms. The SMILES string of the molecule is Cc1ccc(C(=O)OCC(=O)NC2CCCc3ccccc32)cc1S(=O)(=O)N1CCOCC1. The Kier molecular flexibility index (Phi) is 7.11. The lowest BCUT2D eigenvalue weighted by Crippen LogP contribution is -2.40. The van der Waals surface area contributed by atoms with Gasteiger partial charge in [-0.15, -0.1) is 0 Å². The van der Waals surface area contributed by atoms with Crippen molar-refractivity contribution in [3.05, 3.63) is 64.7 Å². The molecule has 1 heterocycles. The second kappa shape index (κ2) is 10.0. The summed E-state index contributed by atoms with van der Waals surface area (Å²) in [6, 6.07) is 12.3. The number of ether oxygens (including phenoxy) is 2. The van der Waals surface area contributed by atoms with Gasteiger partial charge in [-0.1, -0.05) is 30.3 Å². The predicted molar refractivity (Wildman–Crippen MR) is 121 cm³/mol. The Morgan fingerprint density at radius 2 is 1.91 bits per heavy atom. The zero-order valence-corrected chi connectivity index (χ0v) is 19.4. The zero-order valence-electron chi connectivity index (χ0n) is 18.6. The van der Waals surface area contributed by atoms with E-state index in [9.17, 15) is 18.0 Å². The van der Waals surface area contributed by atoms with Crippen molar-refractivity contribution in [1.82, 2.24) is 9.62 Å². The second-order valence-electron chi connectivity index (χ2n) is 8.28. The average Bonchev–Trinajstić information content (AvgIpc) is 2.83. The fourth-order valence-electron chi connectivity index (χ4n) is 4.29. The number of hydrogen-bond acceptors (Lipinski definition) is 6. The average molecular weight is 473 g/mol. The van der Waals surface area contributed by atoms with Crippen LogP contribution in [0.4, 0.5) is 0 Å². The van der Waals surface area contributed by atoms with Gasteiger partial charge in [0.15, 0.2) is 6.61 Å². The highest BCUT2D eigenvalue weighted by molar-refractivity contribution is 7.89. The molecule has 2 aliphatic rings. The van der Waals surface area contributed by atoms with Crippen molar-refractivity contribution >= 4 is 21.9 Å². The fourth-order valence-corrected chi connectivity index (χ4v) is 5.94. The van der Waals surface area contributed by atoms with Gasteiger partial charge in [-0.05, 0) is 55.0 Å². The van der Waals surface area contributed by atoms with E-state index in [-0.39, 0.29) is 29.6 Å². The van der Waals surface area contributed by atoms with Crippen LogP contribution < -0.4 is 5.32 Å². The maximum Gasteiger partial charge on any atom is 0.338 e. The number of fused-ring (bicyclic) bond motifs is 1. The number of carbonyl (C=O) groups excluding carboxylic acids is 2. The first-order chi connectivity index (χ1) is 15.9. The molecule has 176 valence electrons. The molecule has 1 saturated heterocycles. The summed E-state index contributed by atoms with van der Waals surface area (Å²) < 4.78 is 37.8. The lowest BCUT2D eigenvalue weighted by molar-refractivity contribution is -0.125. The third kappa shape index (κ3) is 5.26. The molecule has 0 saturated carbocycles. The van der Waals surface area contributed by atoms with E-state index in [4.69, 9.17) is 9.47 Å². The molecule has 33 heavy (non-hydrogen) atoms. The van der Waals surface area contributed by atoms with Crippen molar-refractivity contribution in [1.29, 1.82) is 0 Å². The van der Waals surface area contributed by atoms with Gasteiger partial charge in [-0.25, -0.2) is 13.2 Å². The van der Waals surface area contributed by atoms with Crippen molar-refractivity contribution in [2.45, 2.75) is 37.1 Å². The van der Waals surface area contributed by atoms with E-state index >= 15 is 0 Å². The van der Waals surface area contributed by atoms with E-state index in [0.29, 0.717) is 18.8 Å². The molecule has 2 aromatic carbocycles. The number of esters is 1. The van der Waals surface area contributed by atoms with Gasteiger partial charge in [0.05, 0.1) is 29.7 Å². The first kappa shape index (κ1) is 23.4. The number of benzene rings is 2. The van der Waals surface area contributed by atoms with Gasteiger partial charge < -0.3 is 14.8 Å². The molecule has 1 amide bonds. The van der Waals surface area contributed by atoms with Crippen LogP contribution in [0.1, 0.15) is 45.9 Å². The molecule has 2 aromatic rings. The maximum atomic E-state index is 13.0. The minimum atomic E-state index is -3.76. The third-order valence-corrected chi connectivity index (χ3v) is 8.09. The smallest absolute Gasteiger partial charge is 0.338 e. The second-order valence-corrected chi connectivity index (χ2v) is 10.2. The van der Waals surface area contributed by atoms with Crippen molar-refractivity contribution in [2.24, 2.45) is 0 Å². The number of rotatable bonds is 6. The number of nitrogens with zero attached hydrogens (tertiary/aromatic N) is 1. The highest BCUT2D eigenvalue weighted by atomic mass is 32.2. The van der Waals surface area contributed by atoms with Crippen molar-refractivity contribution in [3.8, 4) is 0 Å². The topological polar surface area (TPSA) is 102 Å². The first-order valence-electron chi connectivity index (χ1n) is 11.1. The predicted octanol–water partition coefficient (Wildman–Crippen LogP) is 2.37. The van der Waals surface area contributed by atoms with E-state index < -0.39 is 28.5 Å². The van der Waals surface area contributed by atoms with Crippen molar-refractivity contribution < 1.29 is 27.5 Å². The molecular weight excluding hydrogens is 444 g/mol. The van der Waals surface area contributed by atoms with Crippen LogP contribution in [-0.4, -0.2) is 57.5 Å². The van der Waals surface area contributed by atoms with Crippen LogP contribution in [0.2, 0.25) is 0 Å². The van der Waals surface area contributed by atoms with Gasteiger partial charge in [-0.2, -0.15) is 4.31 Å². The molecule has 1 aliphatic heterocycles.